The van der Waals surface area contributed by atoms with Crippen LogP contribution in [0.2, 0.25) is 0 Å². The van der Waals surface area contributed by atoms with Crippen molar-refractivity contribution in [2.45, 2.75) is 18.9 Å². The summed E-state index contributed by atoms with van der Waals surface area (Å²) in [6, 6.07) is 22.7. The molecule has 0 unspecified atom stereocenters. The van der Waals surface area contributed by atoms with E-state index in [1.54, 1.807) is 0 Å². The molecule has 5 heteroatoms. The molecular formula is C23H22N4O. The summed E-state index contributed by atoms with van der Waals surface area (Å²) >= 11 is 0. The van der Waals surface area contributed by atoms with Crippen molar-refractivity contribution in [2.24, 2.45) is 0 Å². The Labute approximate surface area is 163 Å². The van der Waals surface area contributed by atoms with Crippen molar-refractivity contribution < 1.29 is 5.11 Å². The quantitative estimate of drug-likeness (QED) is 0.589. The van der Waals surface area contributed by atoms with E-state index in [2.05, 4.69) is 40.3 Å². The zero-order chi connectivity index (χ0) is 18.9. The van der Waals surface area contributed by atoms with Crippen LogP contribution >= 0.6 is 0 Å². The lowest BCUT2D eigenvalue weighted by Crippen LogP contribution is -2.32. The Morgan fingerprint density at radius 3 is 2.39 bits per heavy atom. The average molecular weight is 370 g/mol. The van der Waals surface area contributed by atoms with Crippen molar-refractivity contribution in [1.82, 2.24) is 14.6 Å². The molecular weight excluding hydrogens is 348 g/mol. The van der Waals surface area contributed by atoms with Gasteiger partial charge in [0.1, 0.15) is 5.82 Å². The fourth-order valence-electron chi connectivity index (χ4n) is 4.06. The number of hydrogen-bond acceptors (Lipinski definition) is 4. The van der Waals surface area contributed by atoms with Gasteiger partial charge in [0.15, 0.2) is 5.65 Å². The summed E-state index contributed by atoms with van der Waals surface area (Å²) in [4.78, 5) is 7.22. The maximum Gasteiger partial charge on any atom is 0.165 e. The molecule has 140 valence electrons. The van der Waals surface area contributed by atoms with E-state index in [0.717, 1.165) is 53.2 Å². The van der Waals surface area contributed by atoms with Crippen LogP contribution in [-0.2, 0) is 0 Å². The average Bonchev–Trinajstić information content (AvgIpc) is 3.41. The van der Waals surface area contributed by atoms with E-state index in [4.69, 9.17) is 4.98 Å². The second-order valence-electron chi connectivity index (χ2n) is 7.20. The van der Waals surface area contributed by atoms with Crippen LogP contribution in [0.1, 0.15) is 12.8 Å². The third-order valence-electron chi connectivity index (χ3n) is 5.49. The van der Waals surface area contributed by atoms with Gasteiger partial charge >= 0.3 is 0 Å². The van der Waals surface area contributed by atoms with E-state index >= 15 is 0 Å². The highest BCUT2D eigenvalue weighted by molar-refractivity contribution is 5.80. The number of aromatic nitrogens is 3. The minimum absolute atomic E-state index is 0.127. The second kappa shape index (κ2) is 7.09. The smallest absolute Gasteiger partial charge is 0.165 e. The molecule has 5 nitrogen and oxygen atoms in total. The molecule has 0 bridgehead atoms. The second-order valence-corrected chi connectivity index (χ2v) is 7.20. The van der Waals surface area contributed by atoms with Gasteiger partial charge in [0, 0.05) is 23.7 Å². The highest BCUT2D eigenvalue weighted by atomic mass is 16.3. The Kier molecular flexibility index (Phi) is 4.29. The summed E-state index contributed by atoms with van der Waals surface area (Å²) in [5.41, 5.74) is 5.05. The molecule has 0 aliphatic carbocycles. The molecule has 0 spiro atoms. The summed E-state index contributed by atoms with van der Waals surface area (Å²) in [7, 11) is 0. The van der Waals surface area contributed by atoms with Crippen molar-refractivity contribution in [2.75, 3.05) is 18.1 Å². The fourth-order valence-corrected chi connectivity index (χ4v) is 4.06. The van der Waals surface area contributed by atoms with Gasteiger partial charge in [0.25, 0.3) is 0 Å². The zero-order valence-corrected chi connectivity index (χ0v) is 15.6. The van der Waals surface area contributed by atoms with E-state index in [0.29, 0.717) is 0 Å². The summed E-state index contributed by atoms with van der Waals surface area (Å²) in [6.45, 7) is 1.07. The first-order valence-electron chi connectivity index (χ1n) is 9.72. The monoisotopic (exact) mass is 370 g/mol. The fraction of sp³-hybridized carbons (Fsp3) is 0.217. The van der Waals surface area contributed by atoms with Gasteiger partial charge in [-0.25, -0.2) is 9.50 Å². The molecule has 4 aromatic rings. The van der Waals surface area contributed by atoms with E-state index in [1.807, 2.05) is 47.1 Å². The largest absolute Gasteiger partial charge is 0.394 e. The van der Waals surface area contributed by atoms with Gasteiger partial charge in [-0.1, -0.05) is 60.7 Å². The lowest BCUT2D eigenvalue weighted by molar-refractivity contribution is 0.266. The highest BCUT2D eigenvalue weighted by Gasteiger charge is 2.26. The lowest BCUT2D eigenvalue weighted by atomic mass is 10.1. The number of fused-ring (bicyclic) bond motifs is 1. The SMILES string of the molecule is OC[C@@H]1CCCN1c1cc(-c2ccccc2)n2ncc(-c3ccccc3)c2n1. The van der Waals surface area contributed by atoms with E-state index in [1.165, 1.54) is 0 Å². The Bertz CT molecular complexity index is 1090. The number of rotatable bonds is 4. The van der Waals surface area contributed by atoms with Crippen LogP contribution in [0.15, 0.2) is 72.9 Å². The van der Waals surface area contributed by atoms with Gasteiger partial charge < -0.3 is 10.0 Å². The normalized spacial score (nSPS) is 16.8. The molecule has 1 aliphatic heterocycles. The van der Waals surface area contributed by atoms with Crippen molar-refractivity contribution >= 4 is 11.5 Å². The molecule has 0 saturated carbocycles. The summed E-state index contributed by atoms with van der Waals surface area (Å²) in [6.07, 6.45) is 3.96. The van der Waals surface area contributed by atoms with Crippen LogP contribution in [0.25, 0.3) is 28.0 Å². The van der Waals surface area contributed by atoms with Crippen molar-refractivity contribution in [3.63, 3.8) is 0 Å². The van der Waals surface area contributed by atoms with Crippen LogP contribution in [0, 0.1) is 0 Å². The minimum atomic E-state index is 0.127. The number of benzene rings is 2. The van der Waals surface area contributed by atoms with Crippen molar-refractivity contribution in [1.29, 1.82) is 0 Å². The van der Waals surface area contributed by atoms with Crippen LogP contribution in [0.5, 0.6) is 0 Å². The van der Waals surface area contributed by atoms with Crippen molar-refractivity contribution in [3.05, 3.63) is 72.9 Å². The topological polar surface area (TPSA) is 53.7 Å². The number of hydrogen-bond donors (Lipinski definition) is 1. The third kappa shape index (κ3) is 2.84. The summed E-state index contributed by atoms with van der Waals surface area (Å²) in [5.74, 6) is 0.903. The predicted molar refractivity (Wildman–Crippen MR) is 111 cm³/mol. The molecule has 1 fully saturated rings. The highest BCUT2D eigenvalue weighted by Crippen LogP contribution is 2.32. The third-order valence-corrected chi connectivity index (χ3v) is 5.49. The van der Waals surface area contributed by atoms with E-state index < -0.39 is 0 Å². The Hall–Kier alpha value is -3.18. The zero-order valence-electron chi connectivity index (χ0n) is 15.6. The molecule has 3 heterocycles. The molecule has 0 amide bonds. The molecule has 1 saturated heterocycles. The van der Waals surface area contributed by atoms with E-state index in [9.17, 15) is 5.11 Å². The predicted octanol–water partition coefficient (Wildman–Crippen LogP) is 4.02. The van der Waals surface area contributed by atoms with Gasteiger partial charge in [-0.3, -0.25) is 0 Å². The molecule has 0 radical (unpaired) electrons. The molecule has 2 aromatic carbocycles. The lowest BCUT2D eigenvalue weighted by Gasteiger charge is -2.25. The van der Waals surface area contributed by atoms with E-state index in [-0.39, 0.29) is 12.6 Å². The minimum Gasteiger partial charge on any atom is -0.394 e. The molecule has 1 atom stereocenters. The van der Waals surface area contributed by atoms with Gasteiger partial charge in [-0.2, -0.15) is 5.10 Å². The first-order chi connectivity index (χ1) is 13.8. The Morgan fingerprint density at radius 2 is 1.68 bits per heavy atom. The number of nitrogens with zero attached hydrogens (tertiary/aromatic N) is 4. The first kappa shape index (κ1) is 17.0. The van der Waals surface area contributed by atoms with Crippen molar-refractivity contribution in [3.8, 4) is 22.4 Å². The van der Waals surface area contributed by atoms with Crippen LogP contribution in [-0.4, -0.2) is 38.9 Å². The maximum atomic E-state index is 9.80. The van der Waals surface area contributed by atoms with Gasteiger partial charge in [-0.05, 0) is 18.4 Å². The molecule has 28 heavy (non-hydrogen) atoms. The first-order valence-corrected chi connectivity index (χ1v) is 9.72. The van der Waals surface area contributed by atoms with Gasteiger partial charge in [-0.15, -0.1) is 0 Å². The number of aliphatic hydroxyl groups is 1. The Balaban J connectivity index is 1.75. The number of aliphatic hydroxyl groups excluding tert-OH is 1. The summed E-state index contributed by atoms with van der Waals surface area (Å²) < 4.78 is 1.92. The standard InChI is InChI=1S/C23H22N4O/c28-16-19-12-7-13-26(19)22-14-21(18-10-5-2-6-11-18)27-23(25-22)20(15-24-27)17-8-3-1-4-9-17/h1-6,8-11,14-15,19,28H,7,12-13,16H2/t19-/m0/s1. The van der Waals surface area contributed by atoms with Gasteiger partial charge in [0.05, 0.1) is 24.5 Å². The molecule has 5 rings (SSSR count). The van der Waals surface area contributed by atoms with Crippen LogP contribution < -0.4 is 4.90 Å². The van der Waals surface area contributed by atoms with Crippen LogP contribution in [0.4, 0.5) is 5.82 Å². The van der Waals surface area contributed by atoms with Crippen LogP contribution in [0.3, 0.4) is 0 Å². The molecule has 1 aliphatic rings. The number of anilines is 1. The maximum absolute atomic E-state index is 9.80. The Morgan fingerprint density at radius 1 is 0.964 bits per heavy atom. The molecule has 1 N–H and O–H groups in total. The molecule has 2 aromatic heterocycles. The van der Waals surface area contributed by atoms with Gasteiger partial charge in [0.2, 0.25) is 0 Å². The summed E-state index contributed by atoms with van der Waals surface area (Å²) in [5, 5.41) is 14.5.